The summed E-state index contributed by atoms with van der Waals surface area (Å²) >= 11 is 3.96. The van der Waals surface area contributed by atoms with Gasteiger partial charge in [-0.25, -0.2) is 9.78 Å². The zero-order valence-electron chi connectivity index (χ0n) is 17.2. The first kappa shape index (κ1) is 27.4. The number of carbonyl (C=O) groups is 6. The molecule has 16 heteroatoms. The van der Waals surface area contributed by atoms with E-state index in [9.17, 15) is 33.9 Å². The van der Waals surface area contributed by atoms with E-state index in [1.165, 1.54) is 12.5 Å². The van der Waals surface area contributed by atoms with Gasteiger partial charge in [-0.2, -0.15) is 12.6 Å². The van der Waals surface area contributed by atoms with E-state index in [2.05, 4.69) is 38.5 Å². The minimum Gasteiger partial charge on any atom is -0.481 e. The van der Waals surface area contributed by atoms with Gasteiger partial charge in [-0.05, 0) is 0 Å². The fraction of sp³-hybridized carbons (Fsp3) is 0.471. The van der Waals surface area contributed by atoms with E-state index < -0.39 is 72.6 Å². The van der Waals surface area contributed by atoms with E-state index in [0.717, 1.165) is 0 Å². The van der Waals surface area contributed by atoms with Crippen molar-refractivity contribution in [3.63, 3.8) is 0 Å². The van der Waals surface area contributed by atoms with Crippen molar-refractivity contribution >= 4 is 48.2 Å². The number of carboxylic acids is 2. The molecule has 1 aromatic rings. The lowest BCUT2D eigenvalue weighted by molar-refractivity contribution is -0.143. The Balaban J connectivity index is 2.85. The molecular formula is C17H25N7O8S. The zero-order valence-corrected chi connectivity index (χ0v) is 18.1. The number of aromatic nitrogens is 2. The summed E-state index contributed by atoms with van der Waals surface area (Å²) in [5.74, 6) is -6.93. The van der Waals surface area contributed by atoms with Crippen LogP contribution in [-0.4, -0.2) is 85.7 Å². The van der Waals surface area contributed by atoms with Gasteiger partial charge in [0.1, 0.15) is 18.1 Å². The lowest BCUT2D eigenvalue weighted by atomic mass is 10.1. The van der Waals surface area contributed by atoms with E-state index in [4.69, 9.17) is 16.6 Å². The average Bonchev–Trinajstić information content (AvgIpc) is 3.22. The molecule has 0 bridgehead atoms. The number of H-pyrrole nitrogens is 1. The first-order valence-electron chi connectivity index (χ1n) is 9.42. The summed E-state index contributed by atoms with van der Waals surface area (Å²) in [7, 11) is 0. The Kier molecular flexibility index (Phi) is 10.8. The quantitative estimate of drug-likeness (QED) is 0.115. The normalized spacial score (nSPS) is 14.2. The monoisotopic (exact) mass is 487 g/mol. The lowest BCUT2D eigenvalue weighted by Crippen LogP contribution is -2.58. The average molecular weight is 487 g/mol. The molecule has 0 saturated heterocycles. The summed E-state index contributed by atoms with van der Waals surface area (Å²) in [5, 5.41) is 24.9. The summed E-state index contributed by atoms with van der Waals surface area (Å²) in [4.78, 5) is 77.0. The van der Waals surface area contributed by atoms with Crippen LogP contribution >= 0.6 is 12.6 Å². The third kappa shape index (κ3) is 9.56. The molecule has 4 amide bonds. The van der Waals surface area contributed by atoms with Crippen molar-refractivity contribution in [1.82, 2.24) is 25.9 Å². The second-order valence-electron chi connectivity index (χ2n) is 6.86. The van der Waals surface area contributed by atoms with Crippen molar-refractivity contribution in [1.29, 1.82) is 0 Å². The van der Waals surface area contributed by atoms with E-state index in [1.807, 2.05) is 0 Å². The number of aromatic amines is 1. The molecule has 0 aliphatic carbocycles. The third-order valence-electron chi connectivity index (χ3n) is 4.18. The Morgan fingerprint density at radius 3 is 2.03 bits per heavy atom. The number of thiol groups is 1. The van der Waals surface area contributed by atoms with Gasteiger partial charge in [0.05, 0.1) is 25.2 Å². The molecule has 0 spiro atoms. The van der Waals surface area contributed by atoms with Crippen LogP contribution in [0.15, 0.2) is 12.5 Å². The highest BCUT2D eigenvalue weighted by atomic mass is 32.1. The molecule has 0 aromatic carbocycles. The number of primary amides is 1. The Hall–Kier alpha value is -3.66. The van der Waals surface area contributed by atoms with E-state index >= 15 is 0 Å². The van der Waals surface area contributed by atoms with Crippen LogP contribution in [0.25, 0.3) is 0 Å². The molecule has 0 aliphatic rings. The highest BCUT2D eigenvalue weighted by molar-refractivity contribution is 7.80. The third-order valence-corrected chi connectivity index (χ3v) is 4.54. The number of aliphatic carboxylic acids is 2. The zero-order chi connectivity index (χ0) is 25.1. The minimum absolute atomic E-state index is 0.121. The molecule has 1 rings (SSSR count). The van der Waals surface area contributed by atoms with E-state index in [-0.39, 0.29) is 12.2 Å². The summed E-state index contributed by atoms with van der Waals surface area (Å²) in [5.41, 5.74) is 10.9. The molecule has 182 valence electrons. The first-order valence-corrected chi connectivity index (χ1v) is 10.1. The number of nitrogens with zero attached hydrogens (tertiary/aromatic N) is 1. The molecular weight excluding hydrogens is 462 g/mol. The van der Waals surface area contributed by atoms with Gasteiger partial charge in [0.15, 0.2) is 0 Å². The second-order valence-corrected chi connectivity index (χ2v) is 7.23. The molecule has 0 radical (unpaired) electrons. The van der Waals surface area contributed by atoms with Gasteiger partial charge in [0.2, 0.25) is 23.6 Å². The molecule has 0 fully saturated rings. The SMILES string of the molecule is NC(=O)CC(N)C(=O)NC(CC(=O)O)C(=O)NC(CS)C(=O)NC(Cc1cnc[nH]1)C(=O)O. The van der Waals surface area contributed by atoms with E-state index in [0.29, 0.717) is 5.69 Å². The summed E-state index contributed by atoms with van der Waals surface area (Å²) in [6.07, 6.45) is 1.19. The molecule has 1 aromatic heterocycles. The molecule has 1 heterocycles. The fourth-order valence-corrected chi connectivity index (χ4v) is 2.78. The molecule has 0 saturated carbocycles. The lowest BCUT2D eigenvalue weighted by Gasteiger charge is -2.23. The van der Waals surface area contributed by atoms with Gasteiger partial charge in [-0.1, -0.05) is 0 Å². The molecule has 15 nitrogen and oxygen atoms in total. The number of carboxylic acid groups (broad SMARTS) is 2. The number of nitrogens with two attached hydrogens (primary N) is 2. The van der Waals surface area contributed by atoms with Crippen molar-refractivity contribution in [3.8, 4) is 0 Å². The van der Waals surface area contributed by atoms with Crippen LogP contribution in [0.2, 0.25) is 0 Å². The van der Waals surface area contributed by atoms with Crippen LogP contribution < -0.4 is 27.4 Å². The van der Waals surface area contributed by atoms with Crippen LogP contribution in [-0.2, 0) is 35.2 Å². The maximum absolute atomic E-state index is 12.5. The summed E-state index contributed by atoms with van der Waals surface area (Å²) in [6, 6.07) is -5.80. The maximum Gasteiger partial charge on any atom is 0.326 e. The molecule has 4 atom stereocenters. The molecule has 33 heavy (non-hydrogen) atoms. The topological polar surface area (TPSA) is 260 Å². The van der Waals surface area contributed by atoms with Crippen molar-refractivity contribution in [2.75, 3.05) is 5.75 Å². The molecule has 4 unspecified atom stereocenters. The largest absolute Gasteiger partial charge is 0.481 e. The molecule has 0 aliphatic heterocycles. The fourth-order valence-electron chi connectivity index (χ4n) is 2.53. The predicted molar refractivity (Wildman–Crippen MR) is 114 cm³/mol. The van der Waals surface area contributed by atoms with Gasteiger partial charge >= 0.3 is 11.9 Å². The Bertz CT molecular complexity index is 879. The van der Waals surface area contributed by atoms with Crippen LogP contribution in [0.4, 0.5) is 0 Å². The minimum atomic E-state index is -1.65. The number of hydrogen-bond acceptors (Lipinski definition) is 9. The second kappa shape index (κ2) is 13.0. The first-order chi connectivity index (χ1) is 15.4. The van der Waals surface area contributed by atoms with Crippen LogP contribution in [0.5, 0.6) is 0 Å². The smallest absolute Gasteiger partial charge is 0.326 e. The Morgan fingerprint density at radius 2 is 1.55 bits per heavy atom. The predicted octanol–water partition coefficient (Wildman–Crippen LogP) is -3.90. The number of carbonyl (C=O) groups excluding carboxylic acids is 4. The van der Waals surface area contributed by atoms with Crippen LogP contribution in [0, 0.1) is 0 Å². The van der Waals surface area contributed by atoms with Crippen molar-refractivity contribution in [2.24, 2.45) is 11.5 Å². The Morgan fingerprint density at radius 1 is 0.970 bits per heavy atom. The van der Waals surface area contributed by atoms with Gasteiger partial charge in [-0.15, -0.1) is 0 Å². The highest BCUT2D eigenvalue weighted by Gasteiger charge is 2.31. The number of hydrogen-bond donors (Lipinski definition) is 9. The summed E-state index contributed by atoms with van der Waals surface area (Å²) < 4.78 is 0. The van der Waals surface area contributed by atoms with Crippen LogP contribution in [0.1, 0.15) is 18.5 Å². The van der Waals surface area contributed by atoms with Gasteiger partial charge in [0.25, 0.3) is 0 Å². The van der Waals surface area contributed by atoms with Gasteiger partial charge in [-0.3, -0.25) is 24.0 Å². The van der Waals surface area contributed by atoms with Gasteiger partial charge in [0, 0.05) is 24.1 Å². The summed E-state index contributed by atoms with van der Waals surface area (Å²) in [6.45, 7) is 0. The van der Waals surface area contributed by atoms with Crippen molar-refractivity contribution in [3.05, 3.63) is 18.2 Å². The van der Waals surface area contributed by atoms with E-state index in [1.54, 1.807) is 0 Å². The maximum atomic E-state index is 12.5. The number of rotatable bonds is 14. The van der Waals surface area contributed by atoms with Gasteiger partial charge < -0.3 is 42.6 Å². The van der Waals surface area contributed by atoms with Crippen molar-refractivity contribution in [2.45, 2.75) is 43.4 Å². The molecule has 10 N–H and O–H groups in total. The number of amides is 4. The van der Waals surface area contributed by atoms with Crippen molar-refractivity contribution < 1.29 is 39.0 Å². The number of imidazole rings is 1. The highest BCUT2D eigenvalue weighted by Crippen LogP contribution is 2.02. The van der Waals surface area contributed by atoms with Crippen LogP contribution in [0.3, 0.4) is 0 Å². The number of nitrogens with one attached hydrogen (secondary N) is 4. The standard InChI is InChI=1S/C17H25N7O8S/c18-8(2-12(19)25)14(28)22-9(3-13(26)27)15(29)24-11(5-33)16(30)23-10(17(31)32)1-7-4-20-6-21-7/h4,6,8-11,33H,1-3,5,18H2,(H2,19,25)(H,20,21)(H,22,28)(H,23,30)(H,24,29)(H,26,27)(H,31,32). The Labute approximate surface area is 192 Å².